The van der Waals surface area contributed by atoms with Gasteiger partial charge in [-0.25, -0.2) is 13.1 Å². The van der Waals surface area contributed by atoms with Gasteiger partial charge in [0, 0.05) is 25.2 Å². The molecule has 8 nitrogen and oxygen atoms in total. The van der Waals surface area contributed by atoms with Gasteiger partial charge in [0.25, 0.3) is 0 Å². The van der Waals surface area contributed by atoms with Crippen LogP contribution in [0, 0.1) is 5.41 Å². The zero-order valence-corrected chi connectivity index (χ0v) is 15.6. The maximum absolute atomic E-state index is 12.0. The Morgan fingerprint density at radius 1 is 1.16 bits per heavy atom. The van der Waals surface area contributed by atoms with Crippen LogP contribution in [0.15, 0.2) is 29.2 Å². The number of hydrogen-bond donors (Lipinski definition) is 4. The van der Waals surface area contributed by atoms with Gasteiger partial charge in [0.2, 0.25) is 21.8 Å². The number of rotatable bonds is 8. The molecule has 1 aromatic rings. The molecule has 0 radical (unpaired) electrons. The highest BCUT2D eigenvalue weighted by Crippen LogP contribution is 2.18. The van der Waals surface area contributed by atoms with Crippen molar-refractivity contribution in [1.82, 2.24) is 10.0 Å². The molecule has 0 bridgehead atoms. The summed E-state index contributed by atoms with van der Waals surface area (Å²) in [6.07, 6.45) is 0.306. The van der Waals surface area contributed by atoms with Crippen LogP contribution in [-0.2, 0) is 19.6 Å². The lowest BCUT2D eigenvalue weighted by Gasteiger charge is -2.17. The molecule has 0 saturated heterocycles. The Morgan fingerprint density at radius 2 is 1.84 bits per heavy atom. The van der Waals surface area contributed by atoms with E-state index >= 15 is 0 Å². The van der Waals surface area contributed by atoms with Crippen molar-refractivity contribution in [3.63, 3.8) is 0 Å². The van der Waals surface area contributed by atoms with E-state index in [2.05, 4.69) is 15.4 Å². The highest BCUT2D eigenvalue weighted by Gasteiger charge is 2.17. The smallest absolute Gasteiger partial charge is 0.243 e. The molecule has 2 amide bonds. The standard InChI is InChI=1S/C16H26N4O4S/c1-16(2,3)10-14(21)18-11-15(22)20-12-5-4-6-13(9-12)25(23,24)19-8-7-17/h4-6,9,19H,7-8,10-11,17H2,1-3H3,(H,18,21)(H,20,22). The summed E-state index contributed by atoms with van der Waals surface area (Å²) in [7, 11) is -3.68. The van der Waals surface area contributed by atoms with Crippen LogP contribution >= 0.6 is 0 Å². The van der Waals surface area contributed by atoms with Crippen molar-refractivity contribution in [3.8, 4) is 0 Å². The van der Waals surface area contributed by atoms with Crippen LogP contribution in [0.3, 0.4) is 0 Å². The molecule has 0 heterocycles. The van der Waals surface area contributed by atoms with E-state index in [9.17, 15) is 18.0 Å². The second-order valence-corrected chi connectivity index (χ2v) is 8.54. The molecule has 0 aliphatic heterocycles. The van der Waals surface area contributed by atoms with Crippen molar-refractivity contribution in [2.24, 2.45) is 11.1 Å². The zero-order chi connectivity index (χ0) is 19.1. The van der Waals surface area contributed by atoms with Crippen LogP contribution in [-0.4, -0.2) is 39.9 Å². The average Bonchev–Trinajstić information content (AvgIpc) is 2.50. The number of nitrogens with two attached hydrogens (primary N) is 1. The molecule has 0 aliphatic carbocycles. The number of amides is 2. The average molecular weight is 370 g/mol. The minimum atomic E-state index is -3.68. The molecule has 25 heavy (non-hydrogen) atoms. The van der Waals surface area contributed by atoms with Crippen molar-refractivity contribution in [3.05, 3.63) is 24.3 Å². The summed E-state index contributed by atoms with van der Waals surface area (Å²) in [5, 5.41) is 5.09. The molecule has 0 saturated carbocycles. The van der Waals surface area contributed by atoms with Crippen molar-refractivity contribution >= 4 is 27.5 Å². The van der Waals surface area contributed by atoms with Crippen molar-refractivity contribution in [2.45, 2.75) is 32.1 Å². The Bertz CT molecular complexity index is 711. The molecule has 0 aromatic heterocycles. The van der Waals surface area contributed by atoms with Crippen molar-refractivity contribution in [2.75, 3.05) is 25.0 Å². The van der Waals surface area contributed by atoms with E-state index in [1.54, 1.807) is 6.07 Å². The lowest BCUT2D eigenvalue weighted by atomic mass is 9.92. The summed E-state index contributed by atoms with van der Waals surface area (Å²) in [5.41, 5.74) is 5.44. The Kier molecular flexibility index (Phi) is 7.53. The molecule has 0 spiro atoms. The third-order valence-electron chi connectivity index (χ3n) is 3.00. The molecule has 0 atom stereocenters. The van der Waals surface area contributed by atoms with E-state index in [1.165, 1.54) is 18.2 Å². The predicted molar refractivity (Wildman–Crippen MR) is 96.4 cm³/mol. The third kappa shape index (κ3) is 8.10. The minimum Gasteiger partial charge on any atom is -0.347 e. The fraction of sp³-hybridized carbons (Fsp3) is 0.500. The number of carbonyl (C=O) groups excluding carboxylic acids is 2. The summed E-state index contributed by atoms with van der Waals surface area (Å²) in [5.74, 6) is -0.656. The molecule has 1 aromatic carbocycles. The van der Waals surface area contributed by atoms with Crippen LogP contribution in [0.25, 0.3) is 0 Å². The van der Waals surface area contributed by atoms with Gasteiger partial charge in [-0.15, -0.1) is 0 Å². The van der Waals surface area contributed by atoms with E-state index in [0.29, 0.717) is 12.1 Å². The molecular weight excluding hydrogens is 344 g/mol. The third-order valence-corrected chi connectivity index (χ3v) is 4.46. The first kappa shape index (κ1) is 21.1. The Hall–Kier alpha value is -1.97. The summed E-state index contributed by atoms with van der Waals surface area (Å²) in [6, 6.07) is 5.84. The largest absolute Gasteiger partial charge is 0.347 e. The summed E-state index contributed by atoms with van der Waals surface area (Å²) in [4.78, 5) is 23.6. The normalized spacial score (nSPS) is 11.8. The molecular formula is C16H26N4O4S. The molecule has 0 aliphatic rings. The summed E-state index contributed by atoms with van der Waals surface area (Å²) >= 11 is 0. The number of carbonyl (C=O) groups is 2. The van der Waals surface area contributed by atoms with E-state index in [1.807, 2.05) is 20.8 Å². The van der Waals surface area contributed by atoms with Gasteiger partial charge in [0.1, 0.15) is 0 Å². The molecule has 140 valence electrons. The number of anilines is 1. The van der Waals surface area contributed by atoms with Gasteiger partial charge >= 0.3 is 0 Å². The van der Waals surface area contributed by atoms with Gasteiger partial charge in [-0.3, -0.25) is 9.59 Å². The Morgan fingerprint density at radius 3 is 2.44 bits per heavy atom. The van der Waals surface area contributed by atoms with E-state index in [0.717, 1.165) is 0 Å². The Labute approximate surface area is 148 Å². The quantitative estimate of drug-likeness (QED) is 0.527. The number of nitrogens with one attached hydrogen (secondary N) is 3. The molecule has 0 unspecified atom stereocenters. The Balaban J connectivity index is 2.64. The van der Waals surface area contributed by atoms with E-state index in [-0.39, 0.29) is 35.9 Å². The van der Waals surface area contributed by atoms with E-state index in [4.69, 9.17) is 5.73 Å². The summed E-state index contributed by atoms with van der Waals surface area (Å²) < 4.78 is 26.4. The molecule has 0 fully saturated rings. The molecule has 1 rings (SSSR count). The maximum Gasteiger partial charge on any atom is 0.243 e. The van der Waals surface area contributed by atoms with Crippen LogP contribution in [0.4, 0.5) is 5.69 Å². The van der Waals surface area contributed by atoms with Crippen LogP contribution < -0.4 is 21.1 Å². The van der Waals surface area contributed by atoms with Crippen LogP contribution in [0.5, 0.6) is 0 Å². The first-order chi connectivity index (χ1) is 11.5. The van der Waals surface area contributed by atoms with E-state index < -0.39 is 15.9 Å². The lowest BCUT2D eigenvalue weighted by molar-refractivity contribution is -0.125. The second kappa shape index (κ2) is 8.93. The van der Waals surface area contributed by atoms with Gasteiger partial charge in [0.15, 0.2) is 0 Å². The van der Waals surface area contributed by atoms with Crippen molar-refractivity contribution < 1.29 is 18.0 Å². The number of hydrogen-bond acceptors (Lipinski definition) is 5. The maximum atomic E-state index is 12.0. The fourth-order valence-electron chi connectivity index (χ4n) is 1.95. The zero-order valence-electron chi connectivity index (χ0n) is 14.8. The topological polar surface area (TPSA) is 130 Å². The number of sulfonamides is 1. The van der Waals surface area contributed by atoms with Gasteiger partial charge in [-0.2, -0.15) is 0 Å². The first-order valence-corrected chi connectivity index (χ1v) is 9.38. The monoisotopic (exact) mass is 370 g/mol. The lowest BCUT2D eigenvalue weighted by Crippen LogP contribution is -2.34. The summed E-state index contributed by atoms with van der Waals surface area (Å²) in [6.45, 7) is 5.91. The van der Waals surface area contributed by atoms with Gasteiger partial charge in [-0.1, -0.05) is 26.8 Å². The van der Waals surface area contributed by atoms with Crippen molar-refractivity contribution in [1.29, 1.82) is 0 Å². The van der Waals surface area contributed by atoms with Gasteiger partial charge in [-0.05, 0) is 23.6 Å². The SMILES string of the molecule is CC(C)(C)CC(=O)NCC(=O)Nc1cccc(S(=O)(=O)NCCN)c1. The van der Waals surface area contributed by atoms with Gasteiger partial charge in [0.05, 0.1) is 11.4 Å². The highest BCUT2D eigenvalue weighted by atomic mass is 32.2. The minimum absolute atomic E-state index is 0.0236. The number of benzene rings is 1. The first-order valence-electron chi connectivity index (χ1n) is 7.90. The van der Waals surface area contributed by atoms with Gasteiger partial charge < -0.3 is 16.4 Å². The van der Waals surface area contributed by atoms with Crippen LogP contribution in [0.2, 0.25) is 0 Å². The molecule has 5 N–H and O–H groups in total. The molecule has 9 heteroatoms. The fourth-order valence-corrected chi connectivity index (χ4v) is 3.04. The van der Waals surface area contributed by atoms with Crippen LogP contribution in [0.1, 0.15) is 27.2 Å². The predicted octanol–water partition coefficient (Wildman–Crippen LogP) is 0.415. The highest BCUT2D eigenvalue weighted by molar-refractivity contribution is 7.89. The second-order valence-electron chi connectivity index (χ2n) is 6.78.